The van der Waals surface area contributed by atoms with Gasteiger partial charge in [-0.3, -0.25) is 0 Å². The molecule has 0 aromatic heterocycles. The third-order valence-electron chi connectivity index (χ3n) is 2.92. The second-order valence-corrected chi connectivity index (χ2v) is 5.50. The summed E-state index contributed by atoms with van der Waals surface area (Å²) in [6.07, 6.45) is 3.74. The van der Waals surface area contributed by atoms with E-state index in [1.54, 1.807) is 0 Å². The lowest BCUT2D eigenvalue weighted by Gasteiger charge is -2.13. The number of hydrogen-bond donors (Lipinski definition) is 1. The molecule has 0 saturated carbocycles. The number of esters is 1. The number of rotatable bonds is 7. The molecule has 0 amide bonds. The van der Waals surface area contributed by atoms with Crippen molar-refractivity contribution in [3.8, 4) is 17.2 Å². The van der Waals surface area contributed by atoms with Crippen LogP contribution < -0.4 is 9.47 Å². The number of phenolic OH excluding ortho intramolecular Hbond substituents is 1. The van der Waals surface area contributed by atoms with Gasteiger partial charge in [0, 0.05) is 0 Å². The zero-order valence-corrected chi connectivity index (χ0v) is 14.3. The number of methoxy groups -OCH3 is 1. The van der Waals surface area contributed by atoms with E-state index in [1.807, 2.05) is 39.8 Å². The molecule has 5 nitrogen and oxygen atoms in total. The normalized spacial score (nSPS) is 9.78. The van der Waals surface area contributed by atoms with Crippen molar-refractivity contribution < 1.29 is 24.1 Å². The standard InChI is InChI=1S/C18H24O5/c1-12(2)6-8-22-15-10-14(18(20)21-5)11-16(17(15)19)23-9-7-13(3)4/h6-7,10-11,19H,8-9H2,1-5H3. The Hall–Kier alpha value is -2.43. The van der Waals surface area contributed by atoms with Crippen LogP contribution in [0, 0.1) is 0 Å². The lowest BCUT2D eigenvalue weighted by atomic mass is 10.2. The van der Waals surface area contributed by atoms with Gasteiger partial charge in [0.15, 0.2) is 11.5 Å². The monoisotopic (exact) mass is 320 g/mol. The van der Waals surface area contributed by atoms with Gasteiger partial charge in [0.2, 0.25) is 5.75 Å². The molecule has 0 aliphatic heterocycles. The molecule has 0 fully saturated rings. The van der Waals surface area contributed by atoms with E-state index in [2.05, 4.69) is 0 Å². The van der Waals surface area contributed by atoms with E-state index in [-0.39, 0.29) is 36.0 Å². The number of ether oxygens (including phenoxy) is 3. The summed E-state index contributed by atoms with van der Waals surface area (Å²) in [6.45, 7) is 8.36. The molecule has 1 N–H and O–H groups in total. The molecular formula is C18H24O5. The third kappa shape index (κ3) is 6.06. The quantitative estimate of drug-likeness (QED) is 0.610. The average molecular weight is 320 g/mol. The Morgan fingerprint density at radius 1 is 1.00 bits per heavy atom. The molecule has 1 aromatic carbocycles. The average Bonchev–Trinajstić information content (AvgIpc) is 2.48. The van der Waals surface area contributed by atoms with Gasteiger partial charge in [0.25, 0.3) is 0 Å². The van der Waals surface area contributed by atoms with E-state index in [1.165, 1.54) is 19.2 Å². The SMILES string of the molecule is COC(=O)c1cc(OCC=C(C)C)c(O)c(OCC=C(C)C)c1. The van der Waals surface area contributed by atoms with Gasteiger partial charge in [-0.15, -0.1) is 0 Å². The van der Waals surface area contributed by atoms with Gasteiger partial charge in [-0.25, -0.2) is 4.79 Å². The highest BCUT2D eigenvalue weighted by atomic mass is 16.5. The fraction of sp³-hybridized carbons (Fsp3) is 0.389. The van der Waals surface area contributed by atoms with Crippen LogP contribution >= 0.6 is 0 Å². The third-order valence-corrected chi connectivity index (χ3v) is 2.92. The van der Waals surface area contributed by atoms with Crippen LogP contribution in [-0.4, -0.2) is 31.4 Å². The van der Waals surface area contributed by atoms with Gasteiger partial charge in [-0.2, -0.15) is 0 Å². The molecule has 0 heterocycles. The first kappa shape index (κ1) is 18.6. The van der Waals surface area contributed by atoms with Crippen LogP contribution in [-0.2, 0) is 4.74 Å². The second-order valence-electron chi connectivity index (χ2n) is 5.50. The summed E-state index contributed by atoms with van der Waals surface area (Å²) in [5.41, 5.74) is 2.44. The first-order valence-corrected chi connectivity index (χ1v) is 7.32. The molecule has 126 valence electrons. The fourth-order valence-electron chi connectivity index (χ4n) is 1.63. The summed E-state index contributed by atoms with van der Waals surface area (Å²) < 4.78 is 15.8. The molecule has 0 bridgehead atoms. The number of hydrogen-bond acceptors (Lipinski definition) is 5. The van der Waals surface area contributed by atoms with Crippen LogP contribution in [0.1, 0.15) is 38.1 Å². The van der Waals surface area contributed by atoms with Gasteiger partial charge in [-0.1, -0.05) is 11.1 Å². The van der Waals surface area contributed by atoms with Crippen molar-refractivity contribution in [3.63, 3.8) is 0 Å². The molecule has 0 spiro atoms. The lowest BCUT2D eigenvalue weighted by Crippen LogP contribution is -2.05. The molecule has 5 heteroatoms. The molecule has 0 aliphatic rings. The molecule has 1 aromatic rings. The van der Waals surface area contributed by atoms with Crippen molar-refractivity contribution in [2.24, 2.45) is 0 Å². The van der Waals surface area contributed by atoms with E-state index in [0.717, 1.165) is 11.1 Å². The van der Waals surface area contributed by atoms with Crippen LogP contribution in [0.15, 0.2) is 35.4 Å². The molecular weight excluding hydrogens is 296 g/mol. The highest BCUT2D eigenvalue weighted by Gasteiger charge is 2.16. The Kier molecular flexibility index (Phi) is 7.19. The fourth-order valence-corrected chi connectivity index (χ4v) is 1.63. The minimum Gasteiger partial charge on any atom is -0.502 e. The predicted octanol–water partition coefficient (Wildman–Crippen LogP) is 3.87. The molecule has 0 aliphatic carbocycles. The maximum Gasteiger partial charge on any atom is 0.338 e. The zero-order chi connectivity index (χ0) is 17.4. The van der Waals surface area contributed by atoms with E-state index >= 15 is 0 Å². The van der Waals surface area contributed by atoms with Gasteiger partial charge in [0.05, 0.1) is 12.7 Å². The van der Waals surface area contributed by atoms with Crippen LogP contribution in [0.3, 0.4) is 0 Å². The van der Waals surface area contributed by atoms with Gasteiger partial charge < -0.3 is 19.3 Å². The Bertz CT molecular complexity index is 563. The van der Waals surface area contributed by atoms with Crippen molar-refractivity contribution in [1.29, 1.82) is 0 Å². The summed E-state index contributed by atoms with van der Waals surface area (Å²) in [5.74, 6) is -0.304. The van der Waals surface area contributed by atoms with E-state index in [4.69, 9.17) is 14.2 Å². The Morgan fingerprint density at radius 2 is 1.43 bits per heavy atom. The lowest BCUT2D eigenvalue weighted by molar-refractivity contribution is 0.0599. The number of aromatic hydroxyl groups is 1. The molecule has 23 heavy (non-hydrogen) atoms. The minimum absolute atomic E-state index is 0.137. The molecule has 0 atom stereocenters. The molecule has 0 radical (unpaired) electrons. The smallest absolute Gasteiger partial charge is 0.338 e. The largest absolute Gasteiger partial charge is 0.502 e. The van der Waals surface area contributed by atoms with Crippen molar-refractivity contribution in [3.05, 3.63) is 41.0 Å². The number of phenols is 1. The maximum atomic E-state index is 11.8. The van der Waals surface area contributed by atoms with Gasteiger partial charge in [0.1, 0.15) is 13.2 Å². The Balaban J connectivity index is 3.09. The number of benzene rings is 1. The van der Waals surface area contributed by atoms with E-state index < -0.39 is 5.97 Å². The summed E-state index contributed by atoms with van der Waals surface area (Å²) in [5, 5.41) is 10.3. The minimum atomic E-state index is -0.524. The zero-order valence-electron chi connectivity index (χ0n) is 14.3. The van der Waals surface area contributed by atoms with Gasteiger partial charge >= 0.3 is 5.97 Å². The van der Waals surface area contributed by atoms with E-state index in [9.17, 15) is 9.90 Å². The molecule has 0 unspecified atom stereocenters. The van der Waals surface area contributed by atoms with Crippen LogP contribution in [0.2, 0.25) is 0 Å². The predicted molar refractivity (Wildman–Crippen MR) is 89.3 cm³/mol. The summed E-state index contributed by atoms with van der Waals surface area (Å²) in [6, 6.07) is 2.88. The Morgan fingerprint density at radius 3 is 1.78 bits per heavy atom. The van der Waals surface area contributed by atoms with Crippen molar-refractivity contribution in [2.75, 3.05) is 20.3 Å². The van der Waals surface area contributed by atoms with Crippen LogP contribution in [0.5, 0.6) is 17.2 Å². The Labute approximate surface area is 137 Å². The number of carbonyl (C=O) groups excluding carboxylic acids is 1. The second kappa shape index (κ2) is 8.88. The van der Waals surface area contributed by atoms with Crippen molar-refractivity contribution in [2.45, 2.75) is 27.7 Å². The topological polar surface area (TPSA) is 65.0 Å². The van der Waals surface area contributed by atoms with Crippen molar-refractivity contribution >= 4 is 5.97 Å². The van der Waals surface area contributed by atoms with Gasteiger partial charge in [-0.05, 0) is 52.0 Å². The first-order chi connectivity index (χ1) is 10.8. The summed E-state index contributed by atoms with van der Waals surface area (Å²) in [4.78, 5) is 11.8. The summed E-state index contributed by atoms with van der Waals surface area (Å²) in [7, 11) is 1.29. The highest BCUT2D eigenvalue weighted by molar-refractivity contribution is 5.91. The molecule has 0 saturated heterocycles. The molecule has 1 rings (SSSR count). The maximum absolute atomic E-state index is 11.8. The first-order valence-electron chi connectivity index (χ1n) is 7.32. The number of allylic oxidation sites excluding steroid dienone is 2. The van der Waals surface area contributed by atoms with Crippen LogP contribution in [0.25, 0.3) is 0 Å². The van der Waals surface area contributed by atoms with Crippen LogP contribution in [0.4, 0.5) is 0 Å². The highest BCUT2D eigenvalue weighted by Crippen LogP contribution is 2.38. The van der Waals surface area contributed by atoms with Crippen molar-refractivity contribution in [1.82, 2.24) is 0 Å². The summed E-state index contributed by atoms with van der Waals surface area (Å²) >= 11 is 0. The van der Waals surface area contributed by atoms with E-state index in [0.29, 0.717) is 0 Å². The number of carbonyl (C=O) groups is 1.